The van der Waals surface area contributed by atoms with Gasteiger partial charge in [0.2, 0.25) is 11.7 Å². The van der Waals surface area contributed by atoms with Crippen LogP contribution in [0.15, 0.2) is 42.7 Å². The molecule has 1 fully saturated rings. The molecule has 0 radical (unpaired) electrons. The number of pyridine rings is 1. The standard InChI is InChI=1S/C21H24N6O3/c1-29-18-6-5-15(12-19(18)30-2)13-20(28)26-11-3-4-17(26)14-27-24-21(23-25-27)16-7-9-22-10-8-16/h5-10,12,17H,3-4,11,13-14H2,1-2H3/t17-/m0/s1. The van der Waals surface area contributed by atoms with Crippen LogP contribution in [-0.4, -0.2) is 62.8 Å². The third-order valence-corrected chi connectivity index (χ3v) is 5.27. The highest BCUT2D eigenvalue weighted by atomic mass is 16.5. The molecule has 1 atom stereocenters. The summed E-state index contributed by atoms with van der Waals surface area (Å²) >= 11 is 0. The van der Waals surface area contributed by atoms with Crippen LogP contribution in [0.1, 0.15) is 18.4 Å². The Morgan fingerprint density at radius 2 is 1.93 bits per heavy atom. The van der Waals surface area contributed by atoms with E-state index < -0.39 is 0 Å². The normalized spacial score (nSPS) is 15.9. The second-order valence-corrected chi connectivity index (χ2v) is 7.15. The number of amides is 1. The zero-order chi connectivity index (χ0) is 20.9. The van der Waals surface area contributed by atoms with Crippen LogP contribution < -0.4 is 9.47 Å². The number of hydrogen-bond acceptors (Lipinski definition) is 7. The molecule has 3 aromatic rings. The molecule has 4 rings (SSSR count). The van der Waals surface area contributed by atoms with Crippen molar-refractivity contribution in [2.75, 3.05) is 20.8 Å². The predicted octanol–water partition coefficient (Wildman–Crippen LogP) is 1.99. The highest BCUT2D eigenvalue weighted by Crippen LogP contribution is 2.28. The Bertz CT molecular complexity index is 1010. The number of aromatic nitrogens is 5. The van der Waals surface area contributed by atoms with Crippen molar-refractivity contribution in [3.8, 4) is 22.9 Å². The minimum Gasteiger partial charge on any atom is -0.493 e. The number of carbonyl (C=O) groups is 1. The summed E-state index contributed by atoms with van der Waals surface area (Å²) in [5, 5.41) is 12.8. The van der Waals surface area contributed by atoms with E-state index in [4.69, 9.17) is 9.47 Å². The molecule has 156 valence electrons. The molecular weight excluding hydrogens is 384 g/mol. The summed E-state index contributed by atoms with van der Waals surface area (Å²) in [6.07, 6.45) is 5.59. The van der Waals surface area contributed by atoms with Gasteiger partial charge in [-0.15, -0.1) is 10.2 Å². The molecule has 2 aromatic heterocycles. The van der Waals surface area contributed by atoms with Gasteiger partial charge >= 0.3 is 0 Å². The summed E-state index contributed by atoms with van der Waals surface area (Å²) in [4.78, 5) is 20.5. The number of carbonyl (C=O) groups excluding carboxylic acids is 1. The van der Waals surface area contributed by atoms with Crippen molar-refractivity contribution in [2.45, 2.75) is 31.8 Å². The van der Waals surface area contributed by atoms with Crippen molar-refractivity contribution in [3.05, 3.63) is 48.3 Å². The van der Waals surface area contributed by atoms with Gasteiger partial charge in [-0.1, -0.05) is 6.07 Å². The molecule has 9 nitrogen and oxygen atoms in total. The van der Waals surface area contributed by atoms with Crippen LogP contribution in [0.3, 0.4) is 0 Å². The molecule has 1 saturated heterocycles. The van der Waals surface area contributed by atoms with E-state index in [0.29, 0.717) is 30.3 Å². The minimum absolute atomic E-state index is 0.0529. The quantitative estimate of drug-likeness (QED) is 0.590. The van der Waals surface area contributed by atoms with Crippen molar-refractivity contribution in [1.82, 2.24) is 30.1 Å². The number of rotatable bonds is 7. The van der Waals surface area contributed by atoms with Gasteiger partial charge in [-0.25, -0.2) is 0 Å². The Morgan fingerprint density at radius 3 is 2.70 bits per heavy atom. The lowest BCUT2D eigenvalue weighted by molar-refractivity contribution is -0.131. The van der Waals surface area contributed by atoms with Crippen molar-refractivity contribution >= 4 is 5.91 Å². The summed E-state index contributed by atoms with van der Waals surface area (Å²) < 4.78 is 10.6. The number of nitrogens with zero attached hydrogens (tertiary/aromatic N) is 6. The Labute approximate surface area is 174 Å². The summed E-state index contributed by atoms with van der Waals surface area (Å²) in [5.41, 5.74) is 1.76. The van der Waals surface area contributed by atoms with Gasteiger partial charge in [0.1, 0.15) is 0 Å². The van der Waals surface area contributed by atoms with Crippen LogP contribution in [0.5, 0.6) is 11.5 Å². The molecule has 1 amide bonds. The number of ether oxygens (including phenoxy) is 2. The first-order valence-electron chi connectivity index (χ1n) is 9.86. The number of methoxy groups -OCH3 is 2. The zero-order valence-corrected chi connectivity index (χ0v) is 17.1. The Hall–Kier alpha value is -3.49. The lowest BCUT2D eigenvalue weighted by Gasteiger charge is -2.24. The maximum absolute atomic E-state index is 13.0. The monoisotopic (exact) mass is 408 g/mol. The molecule has 9 heteroatoms. The molecule has 1 aliphatic rings. The first-order valence-corrected chi connectivity index (χ1v) is 9.86. The summed E-state index contributed by atoms with van der Waals surface area (Å²) in [7, 11) is 3.18. The second-order valence-electron chi connectivity index (χ2n) is 7.15. The van der Waals surface area contributed by atoms with Gasteiger partial charge < -0.3 is 14.4 Å². The second kappa shape index (κ2) is 8.89. The fourth-order valence-electron chi connectivity index (χ4n) is 3.75. The Balaban J connectivity index is 1.42. The fourth-order valence-corrected chi connectivity index (χ4v) is 3.75. The molecule has 0 bridgehead atoms. The van der Waals surface area contributed by atoms with Gasteiger partial charge in [0.25, 0.3) is 0 Å². The third-order valence-electron chi connectivity index (χ3n) is 5.27. The van der Waals surface area contributed by atoms with Gasteiger partial charge in [0.15, 0.2) is 11.5 Å². The van der Waals surface area contributed by atoms with Crippen LogP contribution in [0.4, 0.5) is 0 Å². The SMILES string of the molecule is COc1ccc(CC(=O)N2CCC[C@H]2Cn2nnc(-c3ccncc3)n2)cc1OC. The van der Waals surface area contributed by atoms with E-state index >= 15 is 0 Å². The highest BCUT2D eigenvalue weighted by molar-refractivity contribution is 5.79. The smallest absolute Gasteiger partial charge is 0.227 e. The average molecular weight is 408 g/mol. The van der Waals surface area contributed by atoms with Gasteiger partial charge in [-0.05, 0) is 47.9 Å². The van der Waals surface area contributed by atoms with Crippen molar-refractivity contribution in [1.29, 1.82) is 0 Å². The number of benzene rings is 1. The topological polar surface area (TPSA) is 95.3 Å². The van der Waals surface area contributed by atoms with Crippen LogP contribution in [-0.2, 0) is 17.8 Å². The van der Waals surface area contributed by atoms with E-state index in [2.05, 4.69) is 20.4 Å². The molecule has 1 aliphatic heterocycles. The van der Waals surface area contributed by atoms with Crippen LogP contribution in [0, 0.1) is 0 Å². The van der Waals surface area contributed by atoms with Gasteiger partial charge in [0, 0.05) is 24.5 Å². The maximum Gasteiger partial charge on any atom is 0.227 e. The molecule has 3 heterocycles. The van der Waals surface area contributed by atoms with Gasteiger partial charge in [-0.2, -0.15) is 4.80 Å². The highest BCUT2D eigenvalue weighted by Gasteiger charge is 2.29. The first-order chi connectivity index (χ1) is 14.7. The van der Waals surface area contributed by atoms with Crippen LogP contribution in [0.25, 0.3) is 11.4 Å². The van der Waals surface area contributed by atoms with E-state index in [1.807, 2.05) is 35.2 Å². The molecule has 30 heavy (non-hydrogen) atoms. The van der Waals surface area contributed by atoms with Gasteiger partial charge in [0.05, 0.1) is 33.2 Å². The average Bonchev–Trinajstić information content (AvgIpc) is 3.44. The Kier molecular flexibility index (Phi) is 5.87. The molecule has 0 saturated carbocycles. The number of likely N-dealkylation sites (tertiary alicyclic amines) is 1. The Morgan fingerprint density at radius 1 is 1.13 bits per heavy atom. The molecule has 0 N–H and O–H groups in total. The molecule has 0 spiro atoms. The molecular formula is C21H24N6O3. The van der Waals surface area contributed by atoms with E-state index in [1.165, 1.54) is 0 Å². The molecule has 0 aliphatic carbocycles. The van der Waals surface area contributed by atoms with Crippen LogP contribution in [0.2, 0.25) is 0 Å². The van der Waals surface area contributed by atoms with E-state index in [9.17, 15) is 4.79 Å². The summed E-state index contributed by atoms with van der Waals surface area (Å²) in [6.45, 7) is 1.26. The van der Waals surface area contributed by atoms with E-state index in [1.54, 1.807) is 31.4 Å². The van der Waals surface area contributed by atoms with Crippen molar-refractivity contribution in [2.24, 2.45) is 0 Å². The maximum atomic E-state index is 13.0. The third kappa shape index (κ3) is 4.24. The first kappa shape index (κ1) is 19.8. The van der Waals surface area contributed by atoms with Crippen molar-refractivity contribution < 1.29 is 14.3 Å². The molecule has 1 aromatic carbocycles. The predicted molar refractivity (Wildman–Crippen MR) is 109 cm³/mol. The van der Waals surface area contributed by atoms with Crippen molar-refractivity contribution in [3.63, 3.8) is 0 Å². The minimum atomic E-state index is 0.0529. The van der Waals surface area contributed by atoms with Crippen LogP contribution >= 0.6 is 0 Å². The lowest BCUT2D eigenvalue weighted by Crippen LogP contribution is -2.39. The van der Waals surface area contributed by atoms with Gasteiger partial charge in [-0.3, -0.25) is 9.78 Å². The number of hydrogen-bond donors (Lipinski definition) is 0. The fraction of sp³-hybridized carbons (Fsp3) is 0.381. The zero-order valence-electron chi connectivity index (χ0n) is 17.1. The molecule has 0 unspecified atom stereocenters. The largest absolute Gasteiger partial charge is 0.493 e. The van der Waals surface area contributed by atoms with E-state index in [0.717, 1.165) is 30.5 Å². The number of tetrazole rings is 1. The van der Waals surface area contributed by atoms with E-state index in [-0.39, 0.29) is 11.9 Å². The summed E-state index contributed by atoms with van der Waals surface area (Å²) in [6, 6.07) is 9.30. The lowest BCUT2D eigenvalue weighted by atomic mass is 10.1. The summed E-state index contributed by atoms with van der Waals surface area (Å²) in [5.74, 6) is 1.91.